The van der Waals surface area contributed by atoms with Gasteiger partial charge in [0.2, 0.25) is 5.13 Å². The number of sulfonamides is 1. The molecule has 0 aliphatic heterocycles. The first-order chi connectivity index (χ1) is 13.4. The molecule has 0 aliphatic rings. The minimum atomic E-state index is -3.87. The van der Waals surface area contributed by atoms with E-state index in [-0.39, 0.29) is 16.1 Å². The summed E-state index contributed by atoms with van der Waals surface area (Å²) in [6.07, 6.45) is 0. The van der Waals surface area contributed by atoms with Gasteiger partial charge in [-0.05, 0) is 30.7 Å². The van der Waals surface area contributed by atoms with Crippen LogP contribution in [-0.2, 0) is 14.8 Å². The molecule has 8 nitrogen and oxygen atoms in total. The number of benzene rings is 2. The molecule has 0 spiro atoms. The number of nitrogens with zero attached hydrogens (tertiary/aromatic N) is 3. The van der Waals surface area contributed by atoms with Crippen molar-refractivity contribution in [1.82, 2.24) is 10.2 Å². The van der Waals surface area contributed by atoms with Gasteiger partial charge in [0, 0.05) is 7.05 Å². The molecular weight excluding hydrogens is 400 g/mol. The number of ether oxygens (including phenoxy) is 1. The predicted molar refractivity (Wildman–Crippen MR) is 107 cm³/mol. The number of hydrogen-bond acceptors (Lipinski definition) is 7. The summed E-state index contributed by atoms with van der Waals surface area (Å²) in [5.41, 5.74) is 1.40. The number of carbonyl (C=O) groups is 1. The van der Waals surface area contributed by atoms with Gasteiger partial charge in [0.15, 0.2) is 6.61 Å². The summed E-state index contributed by atoms with van der Waals surface area (Å²) in [5, 5.41) is 10.0. The number of nitrogens with one attached hydrogen (secondary N) is 1. The zero-order valence-corrected chi connectivity index (χ0v) is 16.8. The Morgan fingerprint density at radius 2 is 1.79 bits per heavy atom. The fourth-order valence-corrected chi connectivity index (χ4v) is 4.54. The Hall–Kier alpha value is -2.98. The van der Waals surface area contributed by atoms with Crippen LogP contribution in [-0.4, -0.2) is 38.2 Å². The Kier molecular flexibility index (Phi) is 5.90. The number of amides is 1. The quantitative estimate of drug-likeness (QED) is 0.592. The molecule has 1 aromatic heterocycles. The molecule has 28 heavy (non-hydrogen) atoms. The lowest BCUT2D eigenvalue weighted by molar-refractivity contribution is -0.118. The van der Waals surface area contributed by atoms with Crippen molar-refractivity contribution in [2.24, 2.45) is 0 Å². The van der Waals surface area contributed by atoms with Crippen molar-refractivity contribution in [1.29, 1.82) is 0 Å². The van der Waals surface area contributed by atoms with E-state index in [0.29, 0.717) is 11.4 Å². The summed E-state index contributed by atoms with van der Waals surface area (Å²) >= 11 is 0.777. The number of aryl methyl sites for hydroxylation is 1. The van der Waals surface area contributed by atoms with E-state index in [1.165, 1.54) is 7.05 Å². The third kappa shape index (κ3) is 4.46. The lowest BCUT2D eigenvalue weighted by Crippen LogP contribution is -2.26. The highest BCUT2D eigenvalue weighted by Crippen LogP contribution is 2.26. The van der Waals surface area contributed by atoms with Gasteiger partial charge in [0.1, 0.15) is 5.75 Å². The maximum absolute atomic E-state index is 12.7. The predicted octanol–water partition coefficient (Wildman–Crippen LogP) is 2.69. The van der Waals surface area contributed by atoms with E-state index < -0.39 is 15.9 Å². The molecule has 1 heterocycles. The second kappa shape index (κ2) is 8.36. The van der Waals surface area contributed by atoms with Gasteiger partial charge < -0.3 is 4.74 Å². The second-order valence-corrected chi connectivity index (χ2v) is 8.90. The molecule has 0 bridgehead atoms. The van der Waals surface area contributed by atoms with Gasteiger partial charge in [-0.3, -0.25) is 14.4 Å². The van der Waals surface area contributed by atoms with Crippen LogP contribution < -0.4 is 14.4 Å². The highest BCUT2D eigenvalue weighted by atomic mass is 32.2. The molecule has 1 amide bonds. The van der Waals surface area contributed by atoms with Crippen molar-refractivity contribution in [3.63, 3.8) is 0 Å². The summed E-state index contributed by atoms with van der Waals surface area (Å²) in [7, 11) is -2.44. The number of carbonyl (C=O) groups excluding carboxylic acids is 1. The van der Waals surface area contributed by atoms with Gasteiger partial charge in [0.25, 0.3) is 20.3 Å². The maximum atomic E-state index is 12.7. The summed E-state index contributed by atoms with van der Waals surface area (Å²) in [6, 6.07) is 15.9. The van der Waals surface area contributed by atoms with Crippen LogP contribution in [0.1, 0.15) is 5.56 Å². The highest BCUT2D eigenvalue weighted by Gasteiger charge is 2.26. The average Bonchev–Trinajstić information content (AvgIpc) is 3.16. The SMILES string of the molecule is Cc1ccccc1OCC(=O)Nc1nnc(S(=O)(=O)N(C)c2ccccc2)s1. The molecule has 0 aliphatic carbocycles. The molecular formula is C18H18N4O4S2. The third-order valence-corrected chi connectivity index (χ3v) is 6.78. The van der Waals surface area contributed by atoms with E-state index in [9.17, 15) is 13.2 Å². The standard InChI is InChI=1S/C18H18N4O4S2/c1-13-8-6-7-11-15(13)26-12-16(23)19-17-20-21-18(27-17)28(24,25)22(2)14-9-4-3-5-10-14/h3-11H,12H2,1-2H3,(H,19,20,23). The van der Waals surface area contributed by atoms with Crippen LogP contribution in [0, 0.1) is 6.92 Å². The largest absolute Gasteiger partial charge is 0.483 e. The van der Waals surface area contributed by atoms with Gasteiger partial charge in [-0.15, -0.1) is 10.2 Å². The van der Waals surface area contributed by atoms with Crippen LogP contribution in [0.4, 0.5) is 10.8 Å². The van der Waals surface area contributed by atoms with Gasteiger partial charge in [-0.25, -0.2) is 0 Å². The van der Waals surface area contributed by atoms with Crippen molar-refractivity contribution in [3.8, 4) is 5.75 Å². The van der Waals surface area contributed by atoms with Crippen LogP contribution in [0.25, 0.3) is 0 Å². The highest BCUT2D eigenvalue weighted by molar-refractivity contribution is 7.94. The molecule has 0 fully saturated rings. The first-order valence-electron chi connectivity index (χ1n) is 8.23. The van der Waals surface area contributed by atoms with Gasteiger partial charge in [-0.1, -0.05) is 47.7 Å². The summed E-state index contributed by atoms with van der Waals surface area (Å²) in [4.78, 5) is 12.1. The van der Waals surface area contributed by atoms with E-state index >= 15 is 0 Å². The van der Waals surface area contributed by atoms with Crippen LogP contribution in [0.3, 0.4) is 0 Å². The summed E-state index contributed by atoms with van der Waals surface area (Å²) in [5.74, 6) is 0.141. The zero-order valence-electron chi connectivity index (χ0n) is 15.2. The molecule has 3 rings (SSSR count). The molecule has 0 saturated heterocycles. The minimum Gasteiger partial charge on any atom is -0.483 e. The molecule has 0 unspecified atom stereocenters. The molecule has 0 radical (unpaired) electrons. The number of rotatable bonds is 7. The van der Waals surface area contributed by atoms with Crippen LogP contribution in [0.5, 0.6) is 5.75 Å². The van der Waals surface area contributed by atoms with Crippen molar-refractivity contribution in [2.45, 2.75) is 11.3 Å². The van der Waals surface area contributed by atoms with Crippen molar-refractivity contribution >= 4 is 38.1 Å². The van der Waals surface area contributed by atoms with Gasteiger partial charge in [0.05, 0.1) is 5.69 Å². The first kappa shape index (κ1) is 19.8. The third-order valence-electron chi connectivity index (χ3n) is 3.81. The number of anilines is 2. The van der Waals surface area contributed by atoms with Crippen molar-refractivity contribution in [3.05, 3.63) is 60.2 Å². The molecule has 10 heteroatoms. The van der Waals surface area contributed by atoms with Gasteiger partial charge >= 0.3 is 0 Å². The maximum Gasteiger partial charge on any atom is 0.293 e. The molecule has 3 aromatic rings. The van der Waals surface area contributed by atoms with Crippen LogP contribution >= 0.6 is 11.3 Å². The Bertz CT molecular complexity index is 1070. The smallest absolute Gasteiger partial charge is 0.293 e. The average molecular weight is 419 g/mol. The van der Waals surface area contributed by atoms with Crippen LogP contribution in [0.2, 0.25) is 0 Å². The monoisotopic (exact) mass is 418 g/mol. The normalized spacial score (nSPS) is 11.1. The Balaban J connectivity index is 1.65. The Morgan fingerprint density at radius 1 is 1.11 bits per heavy atom. The zero-order chi connectivity index (χ0) is 20.1. The summed E-state index contributed by atoms with van der Waals surface area (Å²) in [6.45, 7) is 1.65. The Labute approximate surface area is 166 Å². The lowest BCUT2D eigenvalue weighted by atomic mass is 10.2. The van der Waals surface area contributed by atoms with Crippen LogP contribution in [0.15, 0.2) is 58.9 Å². The van der Waals surface area contributed by atoms with E-state index in [2.05, 4.69) is 15.5 Å². The topological polar surface area (TPSA) is 101 Å². The molecule has 0 saturated carbocycles. The second-order valence-electron chi connectivity index (χ2n) is 5.78. The minimum absolute atomic E-state index is 0.0819. The molecule has 0 atom stereocenters. The fraction of sp³-hybridized carbons (Fsp3) is 0.167. The van der Waals surface area contributed by atoms with E-state index in [1.54, 1.807) is 36.4 Å². The number of aromatic nitrogens is 2. The first-order valence-corrected chi connectivity index (χ1v) is 10.5. The number of hydrogen-bond donors (Lipinski definition) is 1. The fourth-order valence-electron chi connectivity index (χ4n) is 2.28. The Morgan fingerprint density at radius 3 is 2.50 bits per heavy atom. The van der Waals surface area contributed by atoms with E-state index in [1.807, 2.05) is 25.1 Å². The van der Waals surface area contributed by atoms with Crippen molar-refractivity contribution < 1.29 is 17.9 Å². The summed E-state index contributed by atoms with van der Waals surface area (Å²) < 4.78 is 31.7. The lowest BCUT2D eigenvalue weighted by Gasteiger charge is -2.16. The molecule has 146 valence electrons. The van der Waals surface area contributed by atoms with Crippen molar-refractivity contribution in [2.75, 3.05) is 23.3 Å². The van der Waals surface area contributed by atoms with E-state index in [0.717, 1.165) is 21.2 Å². The van der Waals surface area contributed by atoms with E-state index in [4.69, 9.17) is 4.74 Å². The number of para-hydroxylation sites is 2. The molecule has 2 aromatic carbocycles. The van der Waals surface area contributed by atoms with Gasteiger partial charge in [-0.2, -0.15) is 8.42 Å². The molecule has 1 N–H and O–H groups in total.